The second kappa shape index (κ2) is 8.80. The minimum Gasteiger partial charge on any atom is -0.381 e. The highest BCUT2D eigenvalue weighted by molar-refractivity contribution is 5.94. The molecule has 1 amide bonds. The monoisotopic (exact) mass is 431 g/mol. The van der Waals surface area contributed by atoms with Crippen molar-refractivity contribution in [2.24, 2.45) is 5.73 Å². The molecule has 32 heavy (non-hydrogen) atoms. The number of rotatable bonds is 7. The summed E-state index contributed by atoms with van der Waals surface area (Å²) < 4.78 is 7.32. The highest BCUT2D eigenvalue weighted by Crippen LogP contribution is 2.31. The lowest BCUT2D eigenvalue weighted by Gasteiger charge is -2.33. The molecule has 0 aliphatic carbocycles. The fourth-order valence-corrected chi connectivity index (χ4v) is 4.20. The van der Waals surface area contributed by atoms with E-state index < -0.39 is 0 Å². The van der Waals surface area contributed by atoms with Crippen molar-refractivity contribution in [2.45, 2.75) is 25.4 Å². The van der Waals surface area contributed by atoms with E-state index in [1.165, 1.54) is 0 Å². The zero-order chi connectivity index (χ0) is 21.9. The van der Waals surface area contributed by atoms with Gasteiger partial charge in [-0.25, -0.2) is 4.68 Å². The number of aromatic nitrogens is 5. The van der Waals surface area contributed by atoms with E-state index in [1.807, 2.05) is 52.2 Å². The molecule has 2 aromatic heterocycles. The molecule has 1 aliphatic rings. The Balaban J connectivity index is 1.46. The molecular formula is C23H25N7O2. The van der Waals surface area contributed by atoms with Crippen molar-refractivity contribution in [3.05, 3.63) is 60.3 Å². The van der Waals surface area contributed by atoms with Crippen LogP contribution in [0.2, 0.25) is 0 Å². The average Bonchev–Trinajstić information content (AvgIpc) is 3.45. The lowest BCUT2D eigenvalue weighted by molar-refractivity contribution is -0.116. The molecule has 0 unspecified atom stereocenters. The zero-order valence-corrected chi connectivity index (χ0v) is 17.6. The van der Waals surface area contributed by atoms with Crippen molar-refractivity contribution in [2.75, 3.05) is 24.7 Å². The van der Waals surface area contributed by atoms with Crippen LogP contribution in [-0.4, -0.2) is 56.9 Å². The molecule has 2 aromatic carbocycles. The van der Waals surface area contributed by atoms with Crippen LogP contribution in [0.1, 0.15) is 18.4 Å². The predicted molar refractivity (Wildman–Crippen MR) is 121 cm³/mol. The molecule has 0 saturated carbocycles. The van der Waals surface area contributed by atoms with Gasteiger partial charge in [0.25, 0.3) is 0 Å². The Kier molecular flexibility index (Phi) is 5.55. The van der Waals surface area contributed by atoms with Crippen LogP contribution in [0.4, 0.5) is 5.82 Å². The summed E-state index contributed by atoms with van der Waals surface area (Å²) in [5.41, 5.74) is 9.33. The van der Waals surface area contributed by atoms with E-state index in [-0.39, 0.29) is 18.5 Å². The molecule has 5 rings (SSSR count). The Hall–Kier alpha value is -3.72. The maximum atomic E-state index is 11.8. The molecule has 3 heterocycles. The summed E-state index contributed by atoms with van der Waals surface area (Å²) in [4.78, 5) is 13.8. The molecule has 1 saturated heterocycles. The minimum absolute atomic E-state index is 0.113. The normalized spacial score (nSPS) is 14.6. The highest BCUT2D eigenvalue weighted by atomic mass is 16.5. The van der Waals surface area contributed by atoms with E-state index in [1.54, 1.807) is 0 Å². The number of primary amides is 1. The minimum atomic E-state index is -0.382. The van der Waals surface area contributed by atoms with Crippen molar-refractivity contribution in [3.63, 3.8) is 0 Å². The van der Waals surface area contributed by atoms with Gasteiger partial charge in [-0.2, -0.15) is 5.10 Å². The van der Waals surface area contributed by atoms with Gasteiger partial charge in [-0.15, -0.1) is 5.10 Å². The number of ether oxygens (including phenoxy) is 1. The van der Waals surface area contributed by atoms with E-state index in [2.05, 4.69) is 32.6 Å². The third-order valence-corrected chi connectivity index (χ3v) is 5.79. The number of nitrogens with two attached hydrogens (primary N) is 1. The highest BCUT2D eigenvalue weighted by Gasteiger charge is 2.26. The molecule has 0 spiro atoms. The largest absolute Gasteiger partial charge is 0.381 e. The number of hydrogen-bond acceptors (Lipinski definition) is 6. The number of aromatic amines is 1. The summed E-state index contributed by atoms with van der Waals surface area (Å²) in [6, 6.07) is 16.3. The molecule has 9 heteroatoms. The molecule has 3 N–H and O–H groups in total. The smallest absolute Gasteiger partial charge is 0.237 e. The van der Waals surface area contributed by atoms with Crippen LogP contribution >= 0.6 is 0 Å². The Bertz CT molecular complexity index is 1210. The fourth-order valence-electron chi connectivity index (χ4n) is 4.20. The molecule has 9 nitrogen and oxygen atoms in total. The molecular weight excluding hydrogens is 406 g/mol. The predicted octanol–water partition coefficient (Wildman–Crippen LogP) is 2.34. The Morgan fingerprint density at radius 1 is 1.19 bits per heavy atom. The summed E-state index contributed by atoms with van der Waals surface area (Å²) >= 11 is 0. The topological polar surface area (TPSA) is 115 Å². The van der Waals surface area contributed by atoms with Crippen molar-refractivity contribution in [1.29, 1.82) is 0 Å². The lowest BCUT2D eigenvalue weighted by Crippen LogP contribution is -2.44. The van der Waals surface area contributed by atoms with Crippen molar-refractivity contribution < 1.29 is 9.53 Å². The van der Waals surface area contributed by atoms with Crippen LogP contribution in [0.15, 0.2) is 54.7 Å². The van der Waals surface area contributed by atoms with E-state index in [0.29, 0.717) is 19.8 Å². The SMILES string of the molecule is NC(=O)CN(c1n[nH]c2ccc(-c3cn(Cc4ccccc4)nn3)cc12)C1CCOCC1. The van der Waals surface area contributed by atoms with E-state index in [4.69, 9.17) is 10.5 Å². The van der Waals surface area contributed by atoms with Gasteiger partial charge >= 0.3 is 0 Å². The van der Waals surface area contributed by atoms with Gasteiger partial charge in [0.15, 0.2) is 5.82 Å². The van der Waals surface area contributed by atoms with Crippen LogP contribution in [0, 0.1) is 0 Å². The number of anilines is 1. The van der Waals surface area contributed by atoms with Gasteiger partial charge in [0.2, 0.25) is 5.91 Å². The Morgan fingerprint density at radius 3 is 2.78 bits per heavy atom. The third-order valence-electron chi connectivity index (χ3n) is 5.79. The molecule has 0 radical (unpaired) electrons. The van der Waals surface area contributed by atoms with Crippen LogP contribution in [0.25, 0.3) is 22.2 Å². The van der Waals surface area contributed by atoms with Gasteiger partial charge in [-0.3, -0.25) is 9.89 Å². The van der Waals surface area contributed by atoms with E-state index in [0.717, 1.165) is 46.4 Å². The number of carbonyl (C=O) groups excluding carboxylic acids is 1. The second-order valence-electron chi connectivity index (χ2n) is 8.03. The number of amides is 1. The number of fused-ring (bicyclic) bond motifs is 1. The fraction of sp³-hybridized carbons (Fsp3) is 0.304. The Morgan fingerprint density at radius 2 is 2.00 bits per heavy atom. The molecule has 0 atom stereocenters. The van der Waals surface area contributed by atoms with E-state index in [9.17, 15) is 4.79 Å². The Labute approximate surface area is 185 Å². The molecule has 1 fully saturated rings. The van der Waals surface area contributed by atoms with Crippen LogP contribution < -0.4 is 10.6 Å². The molecule has 1 aliphatic heterocycles. The standard InChI is InChI=1S/C23H25N7O2/c24-22(31)15-30(18-8-10-32-11-9-18)23-19-12-17(6-7-20(19)25-27-23)21-14-29(28-26-21)13-16-4-2-1-3-5-16/h1-7,12,14,18H,8-11,13,15H2,(H2,24,31)(H,25,27). The van der Waals surface area contributed by atoms with Gasteiger partial charge in [-0.05, 0) is 30.5 Å². The van der Waals surface area contributed by atoms with Gasteiger partial charge in [-0.1, -0.05) is 41.6 Å². The van der Waals surface area contributed by atoms with Crippen LogP contribution in [0.5, 0.6) is 0 Å². The summed E-state index contributed by atoms with van der Waals surface area (Å²) in [5.74, 6) is 0.344. The van der Waals surface area contributed by atoms with Crippen LogP contribution in [-0.2, 0) is 16.1 Å². The zero-order valence-electron chi connectivity index (χ0n) is 17.6. The lowest BCUT2D eigenvalue weighted by atomic mass is 10.1. The number of benzene rings is 2. The van der Waals surface area contributed by atoms with Crippen molar-refractivity contribution >= 4 is 22.6 Å². The van der Waals surface area contributed by atoms with E-state index >= 15 is 0 Å². The second-order valence-corrected chi connectivity index (χ2v) is 8.03. The molecule has 0 bridgehead atoms. The number of nitrogens with one attached hydrogen (secondary N) is 1. The summed E-state index contributed by atoms with van der Waals surface area (Å²) in [6.45, 7) is 2.10. The first-order valence-corrected chi connectivity index (χ1v) is 10.7. The van der Waals surface area contributed by atoms with Gasteiger partial charge in [0.05, 0.1) is 24.8 Å². The van der Waals surface area contributed by atoms with Gasteiger partial charge in [0, 0.05) is 30.2 Å². The maximum absolute atomic E-state index is 11.8. The van der Waals surface area contributed by atoms with Crippen molar-refractivity contribution in [3.8, 4) is 11.3 Å². The van der Waals surface area contributed by atoms with Crippen LogP contribution in [0.3, 0.4) is 0 Å². The van der Waals surface area contributed by atoms with Gasteiger partial charge < -0.3 is 15.4 Å². The summed E-state index contributed by atoms with van der Waals surface area (Å²) in [7, 11) is 0. The van der Waals surface area contributed by atoms with Gasteiger partial charge in [0.1, 0.15) is 5.69 Å². The summed E-state index contributed by atoms with van der Waals surface area (Å²) in [5, 5.41) is 17.2. The number of carbonyl (C=O) groups is 1. The summed E-state index contributed by atoms with van der Waals surface area (Å²) in [6.07, 6.45) is 3.60. The first-order valence-electron chi connectivity index (χ1n) is 10.7. The third kappa shape index (κ3) is 4.19. The quantitative estimate of drug-likeness (QED) is 0.464. The molecule has 164 valence electrons. The van der Waals surface area contributed by atoms with Crippen molar-refractivity contribution in [1.82, 2.24) is 25.2 Å². The number of nitrogens with zero attached hydrogens (tertiary/aromatic N) is 5. The maximum Gasteiger partial charge on any atom is 0.237 e. The number of H-pyrrole nitrogens is 1. The first-order chi connectivity index (χ1) is 15.7. The number of hydrogen-bond donors (Lipinski definition) is 2. The molecule has 4 aromatic rings. The average molecular weight is 432 g/mol. The first kappa shape index (κ1) is 20.2.